The Labute approximate surface area is 169 Å². The normalized spacial score (nSPS) is 14.1. The Balaban J connectivity index is 0.00000225. The summed E-state index contributed by atoms with van der Waals surface area (Å²) in [7, 11) is 0. The van der Waals surface area contributed by atoms with Crippen LogP contribution in [0.3, 0.4) is 0 Å². The number of carbonyl (C=O) groups is 1. The fraction of sp³-hybridized carbons (Fsp3) is 0.278. The molecule has 0 spiro atoms. The van der Waals surface area contributed by atoms with E-state index in [1.807, 2.05) is 0 Å². The second-order valence-electron chi connectivity index (χ2n) is 6.25. The van der Waals surface area contributed by atoms with Gasteiger partial charge in [-0.1, -0.05) is 0 Å². The van der Waals surface area contributed by atoms with Gasteiger partial charge in [0.05, 0.1) is 12.1 Å². The predicted octanol–water partition coefficient (Wildman–Crippen LogP) is 2.17. The molecule has 4 rings (SSSR count). The van der Waals surface area contributed by atoms with Crippen LogP contribution in [0, 0.1) is 5.95 Å². The van der Waals surface area contributed by atoms with Gasteiger partial charge in [0.1, 0.15) is 5.01 Å². The van der Waals surface area contributed by atoms with E-state index in [-0.39, 0.29) is 24.3 Å². The number of anilines is 1. The van der Waals surface area contributed by atoms with Crippen LogP contribution in [0.1, 0.15) is 15.4 Å². The fourth-order valence-corrected chi connectivity index (χ4v) is 3.93. The number of halogens is 2. The summed E-state index contributed by atoms with van der Waals surface area (Å²) in [5.41, 5.74) is -0.404. The molecule has 0 saturated carbocycles. The minimum absolute atomic E-state index is 0. The molecule has 0 unspecified atom stereocenters. The van der Waals surface area contributed by atoms with Crippen LogP contribution in [0.2, 0.25) is 0 Å². The van der Waals surface area contributed by atoms with E-state index in [1.165, 1.54) is 15.9 Å². The van der Waals surface area contributed by atoms with Gasteiger partial charge < -0.3 is 19.9 Å². The number of rotatable bonds is 4. The van der Waals surface area contributed by atoms with Crippen molar-refractivity contribution in [2.24, 2.45) is 0 Å². The van der Waals surface area contributed by atoms with Crippen LogP contribution in [-0.2, 0) is 6.54 Å². The Bertz CT molecular complexity index is 1060. The third kappa shape index (κ3) is 3.60. The van der Waals surface area contributed by atoms with Gasteiger partial charge >= 0.3 is 5.97 Å². The number of piperazine rings is 1. The van der Waals surface area contributed by atoms with Crippen molar-refractivity contribution < 1.29 is 14.3 Å². The lowest BCUT2D eigenvalue weighted by Gasteiger charge is -2.29. The Morgan fingerprint density at radius 2 is 2.07 bits per heavy atom. The molecule has 0 bridgehead atoms. The highest BCUT2D eigenvalue weighted by molar-refractivity contribution is 7.09. The van der Waals surface area contributed by atoms with Crippen LogP contribution in [0.15, 0.2) is 34.6 Å². The van der Waals surface area contributed by atoms with Crippen LogP contribution in [-0.4, -0.2) is 46.8 Å². The van der Waals surface area contributed by atoms with Crippen molar-refractivity contribution >= 4 is 46.3 Å². The molecule has 148 valence electrons. The van der Waals surface area contributed by atoms with Crippen molar-refractivity contribution in [3.05, 3.63) is 56.5 Å². The number of hydrogen-bond donors (Lipinski definition) is 2. The minimum Gasteiger partial charge on any atom is -0.477 e. The molecule has 0 atom stereocenters. The van der Waals surface area contributed by atoms with Crippen molar-refractivity contribution in [3.63, 3.8) is 0 Å². The van der Waals surface area contributed by atoms with Gasteiger partial charge in [-0.15, -0.1) is 23.7 Å². The zero-order valence-corrected chi connectivity index (χ0v) is 16.4. The molecule has 1 fully saturated rings. The second-order valence-corrected chi connectivity index (χ2v) is 7.23. The zero-order valence-electron chi connectivity index (χ0n) is 14.7. The molecule has 10 heteroatoms. The lowest BCUT2D eigenvalue weighted by molar-refractivity contribution is 0.0688. The number of benzene rings is 1. The van der Waals surface area contributed by atoms with E-state index < -0.39 is 22.9 Å². The van der Waals surface area contributed by atoms with E-state index >= 15 is 4.39 Å². The quantitative estimate of drug-likeness (QED) is 0.624. The smallest absolute Gasteiger partial charge is 0.344 e. The van der Waals surface area contributed by atoms with E-state index in [1.54, 1.807) is 29.8 Å². The standard InChI is InChI=1S/C18H17FN4O3S.ClH/c19-17-15(18(25)26)16(24)12-2-1-11(22-6-3-20-4-7-22)9-13(12)23(17)10-14-21-5-8-27-14;/h1-2,5,8-9,20H,3-4,6-7,10H2,(H,25,26);1H. The van der Waals surface area contributed by atoms with Gasteiger partial charge in [0.15, 0.2) is 5.56 Å². The summed E-state index contributed by atoms with van der Waals surface area (Å²) in [6.45, 7) is 3.36. The molecule has 3 aromatic rings. The molecular formula is C18H18ClFN4O3S. The predicted molar refractivity (Wildman–Crippen MR) is 109 cm³/mol. The number of carboxylic acids is 1. The summed E-state index contributed by atoms with van der Waals surface area (Å²) in [4.78, 5) is 30.3. The van der Waals surface area contributed by atoms with Gasteiger partial charge in [-0.3, -0.25) is 4.79 Å². The first-order valence-corrected chi connectivity index (χ1v) is 9.37. The van der Waals surface area contributed by atoms with Crippen molar-refractivity contribution in [2.75, 3.05) is 31.1 Å². The highest BCUT2D eigenvalue weighted by Crippen LogP contribution is 2.24. The average molecular weight is 425 g/mol. The monoisotopic (exact) mass is 424 g/mol. The number of carboxylic acid groups (broad SMARTS) is 1. The van der Waals surface area contributed by atoms with Crippen molar-refractivity contribution in [1.82, 2.24) is 14.9 Å². The van der Waals surface area contributed by atoms with Gasteiger partial charge in [0.2, 0.25) is 11.4 Å². The number of nitrogens with one attached hydrogen (secondary N) is 1. The Kier molecular flexibility index (Phi) is 5.97. The SMILES string of the molecule is Cl.O=C(O)c1c(F)n(Cc2nccs2)c2cc(N3CCNCC3)ccc2c1=O. The molecule has 1 aliphatic rings. The first-order valence-electron chi connectivity index (χ1n) is 8.49. The van der Waals surface area contributed by atoms with Crippen molar-refractivity contribution in [3.8, 4) is 0 Å². The van der Waals surface area contributed by atoms with E-state index in [2.05, 4.69) is 15.2 Å². The van der Waals surface area contributed by atoms with Crippen LogP contribution < -0.4 is 15.6 Å². The van der Waals surface area contributed by atoms with Crippen molar-refractivity contribution in [2.45, 2.75) is 6.54 Å². The van der Waals surface area contributed by atoms with E-state index in [0.717, 1.165) is 31.9 Å². The lowest BCUT2D eigenvalue weighted by atomic mass is 10.1. The third-order valence-electron chi connectivity index (χ3n) is 4.66. The van der Waals surface area contributed by atoms with Gasteiger partial charge in [0, 0.05) is 48.8 Å². The number of pyridine rings is 1. The van der Waals surface area contributed by atoms with Gasteiger partial charge in [-0.25, -0.2) is 9.78 Å². The van der Waals surface area contributed by atoms with Crippen LogP contribution in [0.25, 0.3) is 10.9 Å². The summed E-state index contributed by atoms with van der Waals surface area (Å²) in [5, 5.41) is 15.2. The van der Waals surface area contributed by atoms with Crippen molar-refractivity contribution in [1.29, 1.82) is 0 Å². The molecule has 0 radical (unpaired) electrons. The molecule has 3 heterocycles. The Morgan fingerprint density at radius 3 is 2.71 bits per heavy atom. The average Bonchev–Trinajstić information content (AvgIpc) is 3.18. The topological polar surface area (TPSA) is 87.5 Å². The van der Waals surface area contributed by atoms with E-state index in [0.29, 0.717) is 10.5 Å². The number of fused-ring (bicyclic) bond motifs is 1. The summed E-state index contributed by atoms with van der Waals surface area (Å²) in [6.07, 6.45) is 1.60. The molecule has 1 aliphatic heterocycles. The van der Waals surface area contributed by atoms with E-state index in [9.17, 15) is 14.7 Å². The fourth-order valence-electron chi connectivity index (χ4n) is 3.33. The molecule has 2 N–H and O–H groups in total. The van der Waals surface area contributed by atoms with Gasteiger partial charge in [-0.05, 0) is 18.2 Å². The maximum Gasteiger partial charge on any atom is 0.344 e. The number of nitrogens with zero attached hydrogens (tertiary/aromatic N) is 3. The van der Waals surface area contributed by atoms with Crippen LogP contribution in [0.5, 0.6) is 0 Å². The number of hydrogen-bond acceptors (Lipinski definition) is 6. The van der Waals surface area contributed by atoms with Gasteiger partial charge in [-0.2, -0.15) is 4.39 Å². The van der Waals surface area contributed by atoms with Crippen LogP contribution >= 0.6 is 23.7 Å². The van der Waals surface area contributed by atoms with Gasteiger partial charge in [0.25, 0.3) is 0 Å². The number of aromatic nitrogens is 2. The molecule has 7 nitrogen and oxygen atoms in total. The Morgan fingerprint density at radius 1 is 1.32 bits per heavy atom. The summed E-state index contributed by atoms with van der Waals surface area (Å²) < 4.78 is 16.2. The minimum atomic E-state index is -1.57. The highest BCUT2D eigenvalue weighted by Gasteiger charge is 2.23. The second kappa shape index (κ2) is 8.26. The number of aromatic carboxylic acids is 1. The first-order chi connectivity index (χ1) is 13.1. The Hall–Kier alpha value is -2.49. The summed E-state index contributed by atoms with van der Waals surface area (Å²) >= 11 is 1.34. The summed E-state index contributed by atoms with van der Waals surface area (Å²) in [5.74, 6) is -2.62. The summed E-state index contributed by atoms with van der Waals surface area (Å²) in [6, 6.07) is 5.12. The van der Waals surface area contributed by atoms with E-state index in [4.69, 9.17) is 0 Å². The molecular weight excluding hydrogens is 407 g/mol. The molecule has 1 aromatic carbocycles. The number of thiazole rings is 1. The molecule has 28 heavy (non-hydrogen) atoms. The zero-order chi connectivity index (χ0) is 19.0. The maximum absolute atomic E-state index is 15.0. The largest absolute Gasteiger partial charge is 0.477 e. The molecule has 1 saturated heterocycles. The molecule has 0 aliphatic carbocycles. The molecule has 2 aromatic heterocycles. The van der Waals surface area contributed by atoms with Crippen LogP contribution in [0.4, 0.5) is 10.1 Å². The maximum atomic E-state index is 15.0. The first kappa shape index (κ1) is 20.2. The molecule has 0 amide bonds. The highest BCUT2D eigenvalue weighted by atomic mass is 35.5. The lowest BCUT2D eigenvalue weighted by Crippen LogP contribution is -2.43. The third-order valence-corrected chi connectivity index (χ3v) is 5.42.